The number of phenolic OH excluding ortho intramolecular Hbond substituents is 1. The van der Waals surface area contributed by atoms with Crippen molar-refractivity contribution in [3.05, 3.63) is 54.1 Å². The van der Waals surface area contributed by atoms with E-state index < -0.39 is 5.97 Å². The Labute approximate surface area is 149 Å². The second-order valence-electron chi connectivity index (χ2n) is 6.19. The highest BCUT2D eigenvalue weighted by molar-refractivity contribution is 5.91. The van der Waals surface area contributed by atoms with E-state index in [0.717, 1.165) is 12.2 Å². The Kier molecular flexibility index (Phi) is 7.33. The van der Waals surface area contributed by atoms with Gasteiger partial charge in [-0.3, -0.25) is 0 Å². The molecule has 0 radical (unpaired) electrons. The summed E-state index contributed by atoms with van der Waals surface area (Å²) in [6.45, 7) is 4.27. The molecule has 0 heterocycles. The summed E-state index contributed by atoms with van der Waals surface area (Å²) >= 11 is 0. The summed E-state index contributed by atoms with van der Waals surface area (Å²) in [6.07, 6.45) is 6.11. The van der Waals surface area contributed by atoms with Crippen LogP contribution in [-0.2, 0) is 0 Å². The van der Waals surface area contributed by atoms with Crippen LogP contribution in [-0.4, -0.2) is 17.2 Å². The van der Waals surface area contributed by atoms with Crippen molar-refractivity contribution in [2.24, 2.45) is 0 Å². The van der Waals surface area contributed by atoms with E-state index in [-0.39, 0.29) is 11.9 Å². The highest BCUT2D eigenvalue weighted by Crippen LogP contribution is 2.20. The molecule has 0 aliphatic rings. The molecule has 4 heteroatoms. The standard InChI is InChI=1S/C21H26O4/c1-3-4-5-6-7-16(2)24-19-12-8-17(9-13-19)21(23)25-20-14-10-18(22)11-15-20/h8-16,22H,3-7H2,1-2H3. The molecule has 0 aliphatic carbocycles. The number of unbranched alkanes of at least 4 members (excludes halogenated alkanes) is 3. The number of phenols is 1. The van der Waals surface area contributed by atoms with Gasteiger partial charge in [0.25, 0.3) is 0 Å². The van der Waals surface area contributed by atoms with Crippen LogP contribution in [0.4, 0.5) is 0 Å². The zero-order valence-corrected chi connectivity index (χ0v) is 14.9. The van der Waals surface area contributed by atoms with Gasteiger partial charge in [0.2, 0.25) is 0 Å². The van der Waals surface area contributed by atoms with E-state index >= 15 is 0 Å². The Morgan fingerprint density at radius 2 is 1.60 bits per heavy atom. The molecular formula is C21H26O4. The first-order chi connectivity index (χ1) is 12.1. The first kappa shape index (κ1) is 18.8. The van der Waals surface area contributed by atoms with E-state index in [1.165, 1.54) is 37.8 Å². The molecule has 2 aromatic rings. The molecule has 1 unspecified atom stereocenters. The highest BCUT2D eigenvalue weighted by atomic mass is 16.5. The Balaban J connectivity index is 1.84. The number of benzene rings is 2. The first-order valence-electron chi connectivity index (χ1n) is 8.86. The van der Waals surface area contributed by atoms with E-state index in [9.17, 15) is 9.90 Å². The Morgan fingerprint density at radius 1 is 0.960 bits per heavy atom. The van der Waals surface area contributed by atoms with Crippen molar-refractivity contribution in [2.45, 2.75) is 52.1 Å². The fourth-order valence-electron chi connectivity index (χ4n) is 2.50. The van der Waals surface area contributed by atoms with Gasteiger partial charge in [0.05, 0.1) is 11.7 Å². The molecule has 1 N–H and O–H groups in total. The molecule has 25 heavy (non-hydrogen) atoms. The van der Waals surface area contributed by atoms with Gasteiger partial charge >= 0.3 is 5.97 Å². The average molecular weight is 342 g/mol. The molecule has 0 aliphatic heterocycles. The lowest BCUT2D eigenvalue weighted by atomic mass is 10.1. The van der Waals surface area contributed by atoms with Crippen LogP contribution in [0.15, 0.2) is 48.5 Å². The molecule has 0 saturated carbocycles. The maximum Gasteiger partial charge on any atom is 0.343 e. The van der Waals surface area contributed by atoms with Gasteiger partial charge < -0.3 is 14.6 Å². The molecule has 1 atom stereocenters. The monoisotopic (exact) mass is 342 g/mol. The molecule has 0 aromatic heterocycles. The largest absolute Gasteiger partial charge is 0.508 e. The van der Waals surface area contributed by atoms with Crippen molar-refractivity contribution in [1.29, 1.82) is 0 Å². The van der Waals surface area contributed by atoms with Gasteiger partial charge in [-0.2, -0.15) is 0 Å². The first-order valence-corrected chi connectivity index (χ1v) is 8.86. The normalized spacial score (nSPS) is 11.8. The molecule has 0 bridgehead atoms. The number of carbonyl (C=O) groups excluding carboxylic acids is 1. The van der Waals surface area contributed by atoms with Crippen molar-refractivity contribution in [2.75, 3.05) is 0 Å². The molecule has 0 spiro atoms. The zero-order valence-electron chi connectivity index (χ0n) is 14.9. The SMILES string of the molecule is CCCCCCC(C)Oc1ccc(C(=O)Oc2ccc(O)cc2)cc1. The molecule has 0 amide bonds. The number of aromatic hydroxyl groups is 1. The number of hydrogen-bond acceptors (Lipinski definition) is 4. The van der Waals surface area contributed by atoms with Gasteiger partial charge in [0, 0.05) is 0 Å². The summed E-state index contributed by atoms with van der Waals surface area (Å²) in [6, 6.07) is 13.0. The quantitative estimate of drug-likeness (QED) is 0.379. The van der Waals surface area contributed by atoms with E-state index in [1.54, 1.807) is 36.4 Å². The molecule has 0 fully saturated rings. The maximum absolute atomic E-state index is 12.1. The van der Waals surface area contributed by atoms with E-state index in [2.05, 4.69) is 13.8 Å². The third kappa shape index (κ3) is 6.49. The van der Waals surface area contributed by atoms with Crippen LogP contribution in [0.5, 0.6) is 17.2 Å². The second-order valence-corrected chi connectivity index (χ2v) is 6.19. The number of rotatable bonds is 9. The van der Waals surface area contributed by atoms with Crippen molar-refractivity contribution in [3.63, 3.8) is 0 Å². The van der Waals surface area contributed by atoms with E-state index in [4.69, 9.17) is 9.47 Å². The minimum atomic E-state index is -0.440. The van der Waals surface area contributed by atoms with Crippen LogP contribution in [0, 0.1) is 0 Å². The number of carbonyl (C=O) groups is 1. The zero-order chi connectivity index (χ0) is 18.1. The summed E-state index contributed by atoms with van der Waals surface area (Å²) in [5, 5.41) is 9.24. The number of esters is 1. The van der Waals surface area contributed by atoms with Crippen molar-refractivity contribution in [1.82, 2.24) is 0 Å². The van der Waals surface area contributed by atoms with Crippen LogP contribution in [0.2, 0.25) is 0 Å². The van der Waals surface area contributed by atoms with Gasteiger partial charge in [0.15, 0.2) is 0 Å². The smallest absolute Gasteiger partial charge is 0.343 e. The van der Waals surface area contributed by atoms with Gasteiger partial charge in [-0.05, 0) is 68.3 Å². The van der Waals surface area contributed by atoms with Crippen LogP contribution in [0.1, 0.15) is 56.3 Å². The third-order valence-electron chi connectivity index (χ3n) is 3.94. The molecule has 2 aromatic carbocycles. The van der Waals surface area contributed by atoms with Crippen LogP contribution < -0.4 is 9.47 Å². The topological polar surface area (TPSA) is 55.8 Å². The second kappa shape index (κ2) is 9.72. The molecule has 0 saturated heterocycles. The fraction of sp³-hybridized carbons (Fsp3) is 0.381. The molecular weight excluding hydrogens is 316 g/mol. The van der Waals surface area contributed by atoms with Gasteiger partial charge in [-0.1, -0.05) is 26.2 Å². The van der Waals surface area contributed by atoms with Crippen LogP contribution in [0.25, 0.3) is 0 Å². The number of ether oxygens (including phenoxy) is 2. The van der Waals surface area contributed by atoms with Gasteiger partial charge in [-0.25, -0.2) is 4.79 Å². The predicted molar refractivity (Wildman–Crippen MR) is 98.4 cm³/mol. The van der Waals surface area contributed by atoms with Crippen LogP contribution in [0.3, 0.4) is 0 Å². The minimum Gasteiger partial charge on any atom is -0.508 e. The van der Waals surface area contributed by atoms with Crippen molar-refractivity contribution >= 4 is 5.97 Å². The van der Waals surface area contributed by atoms with Crippen molar-refractivity contribution in [3.8, 4) is 17.2 Å². The Bertz CT molecular complexity index is 647. The minimum absolute atomic E-state index is 0.130. The lowest BCUT2D eigenvalue weighted by Crippen LogP contribution is -2.12. The van der Waals surface area contributed by atoms with Gasteiger partial charge in [-0.15, -0.1) is 0 Å². The third-order valence-corrected chi connectivity index (χ3v) is 3.94. The van der Waals surface area contributed by atoms with Crippen LogP contribution >= 0.6 is 0 Å². The summed E-state index contributed by atoms with van der Waals surface area (Å²) in [4.78, 5) is 12.1. The molecule has 4 nitrogen and oxygen atoms in total. The lowest BCUT2D eigenvalue weighted by Gasteiger charge is -2.14. The molecule has 134 valence electrons. The summed E-state index contributed by atoms with van der Waals surface area (Å²) in [7, 11) is 0. The van der Waals surface area contributed by atoms with E-state index in [1.807, 2.05) is 0 Å². The predicted octanol–water partition coefficient (Wildman–Crippen LogP) is 5.35. The van der Waals surface area contributed by atoms with E-state index in [0.29, 0.717) is 11.3 Å². The highest BCUT2D eigenvalue weighted by Gasteiger charge is 2.10. The fourth-order valence-corrected chi connectivity index (χ4v) is 2.50. The summed E-state index contributed by atoms with van der Waals surface area (Å²) < 4.78 is 11.1. The lowest BCUT2D eigenvalue weighted by molar-refractivity contribution is 0.0734. The maximum atomic E-state index is 12.1. The number of hydrogen-bond donors (Lipinski definition) is 1. The Morgan fingerprint density at radius 3 is 2.24 bits per heavy atom. The van der Waals surface area contributed by atoms with Gasteiger partial charge in [0.1, 0.15) is 17.2 Å². The average Bonchev–Trinajstić information content (AvgIpc) is 2.61. The Hall–Kier alpha value is -2.49. The van der Waals surface area contributed by atoms with Crippen molar-refractivity contribution < 1.29 is 19.4 Å². The summed E-state index contributed by atoms with van der Waals surface area (Å²) in [5.41, 5.74) is 0.455. The molecule has 2 rings (SSSR count). The summed E-state index contributed by atoms with van der Waals surface area (Å²) in [5.74, 6) is 0.836.